The third-order valence-electron chi connectivity index (χ3n) is 0.793. The Morgan fingerprint density at radius 2 is 2.22 bits per heavy atom. The summed E-state index contributed by atoms with van der Waals surface area (Å²) >= 11 is 0. The molecule has 0 amide bonds. The van der Waals surface area contributed by atoms with Crippen LogP contribution in [0.5, 0.6) is 0 Å². The summed E-state index contributed by atoms with van der Waals surface area (Å²) in [5.41, 5.74) is 0. The first-order valence-corrected chi connectivity index (χ1v) is 3.54. The van der Waals surface area contributed by atoms with Gasteiger partial charge in [0.05, 0.1) is 6.26 Å². The molecule has 0 unspecified atom stereocenters. The van der Waals surface area contributed by atoms with E-state index in [1.165, 1.54) is 6.26 Å². The van der Waals surface area contributed by atoms with Crippen LogP contribution in [0.1, 0.15) is 0 Å². The summed E-state index contributed by atoms with van der Waals surface area (Å²) in [6.07, 6.45) is 2.12. The molecule has 0 radical (unpaired) electrons. The van der Waals surface area contributed by atoms with Gasteiger partial charge in [-0.25, -0.2) is 0 Å². The third-order valence-corrected chi connectivity index (χ3v) is 1.62. The Labute approximate surface area is 51.9 Å². The normalized spacial score (nSPS) is 11.7. The van der Waals surface area contributed by atoms with Gasteiger partial charge in [-0.05, 0) is 6.07 Å². The van der Waals surface area contributed by atoms with E-state index in [4.69, 9.17) is 4.55 Å². The van der Waals surface area contributed by atoms with Crippen LogP contribution in [0.4, 0.5) is 0 Å². The Balaban J connectivity index is 3.20. The third kappa shape index (κ3) is 1.30. The van der Waals surface area contributed by atoms with Crippen molar-refractivity contribution in [3.05, 3.63) is 18.6 Å². The molecule has 0 bridgehead atoms. The van der Waals surface area contributed by atoms with Crippen molar-refractivity contribution in [2.45, 2.75) is 4.90 Å². The molecule has 0 saturated heterocycles. The van der Waals surface area contributed by atoms with Crippen LogP contribution in [0.2, 0.25) is 0 Å². The van der Waals surface area contributed by atoms with Crippen molar-refractivity contribution in [3.8, 4) is 0 Å². The van der Waals surface area contributed by atoms with Crippen LogP contribution in [0.3, 0.4) is 0 Å². The van der Waals surface area contributed by atoms with E-state index < -0.39 is 10.1 Å². The maximum Gasteiger partial charge on any atom is 0.297 e. The topological polar surface area (TPSA) is 67.5 Å². The van der Waals surface area contributed by atoms with Gasteiger partial charge in [0.25, 0.3) is 10.1 Å². The smallest absolute Gasteiger partial charge is 0.297 e. The fourth-order valence-corrected chi connectivity index (χ4v) is 0.803. The fraction of sp³-hybridized carbons (Fsp3) is 0. The standard InChI is InChI=1S/C4H4O4S/c5-9(6,7)4-1-2-8-3-4/h1-3H,(H,5,6,7). The molecule has 1 heterocycles. The van der Waals surface area contributed by atoms with Crippen LogP contribution >= 0.6 is 0 Å². The number of rotatable bonds is 1. The molecule has 0 aliphatic rings. The van der Waals surface area contributed by atoms with Gasteiger partial charge in [-0.15, -0.1) is 0 Å². The lowest BCUT2D eigenvalue weighted by Gasteiger charge is -1.83. The van der Waals surface area contributed by atoms with Gasteiger partial charge in [0, 0.05) is 0 Å². The van der Waals surface area contributed by atoms with Crippen molar-refractivity contribution >= 4 is 10.1 Å². The van der Waals surface area contributed by atoms with E-state index in [-0.39, 0.29) is 4.90 Å². The minimum atomic E-state index is -4.05. The monoisotopic (exact) mass is 148 g/mol. The van der Waals surface area contributed by atoms with Crippen molar-refractivity contribution in [1.82, 2.24) is 0 Å². The minimum absolute atomic E-state index is 0.220. The quantitative estimate of drug-likeness (QED) is 0.590. The van der Waals surface area contributed by atoms with Gasteiger partial charge in [-0.2, -0.15) is 8.42 Å². The van der Waals surface area contributed by atoms with Gasteiger partial charge in [0.1, 0.15) is 11.2 Å². The van der Waals surface area contributed by atoms with Crippen molar-refractivity contribution in [1.29, 1.82) is 0 Å². The highest BCUT2D eigenvalue weighted by Gasteiger charge is 2.08. The second-order valence-corrected chi connectivity index (χ2v) is 2.86. The van der Waals surface area contributed by atoms with E-state index in [2.05, 4.69) is 4.42 Å². The number of hydrogen-bond donors (Lipinski definition) is 1. The van der Waals surface area contributed by atoms with Crippen molar-refractivity contribution < 1.29 is 17.4 Å². The van der Waals surface area contributed by atoms with Crippen molar-refractivity contribution in [2.24, 2.45) is 0 Å². The summed E-state index contributed by atoms with van der Waals surface area (Å²) in [5, 5.41) is 0. The highest BCUT2D eigenvalue weighted by Crippen LogP contribution is 2.06. The van der Waals surface area contributed by atoms with Crippen LogP contribution in [0.15, 0.2) is 27.9 Å². The van der Waals surface area contributed by atoms with E-state index in [0.29, 0.717) is 0 Å². The van der Waals surface area contributed by atoms with Crippen LogP contribution in [0.25, 0.3) is 0 Å². The summed E-state index contributed by atoms with van der Waals surface area (Å²) < 4.78 is 33.1. The second kappa shape index (κ2) is 1.85. The van der Waals surface area contributed by atoms with E-state index in [9.17, 15) is 8.42 Å². The average molecular weight is 148 g/mol. The molecule has 0 aromatic carbocycles. The molecule has 50 valence electrons. The van der Waals surface area contributed by atoms with Crippen molar-refractivity contribution in [3.63, 3.8) is 0 Å². The summed E-state index contributed by atoms with van der Waals surface area (Å²) in [4.78, 5) is -0.220. The largest absolute Gasteiger partial charge is 0.471 e. The van der Waals surface area contributed by atoms with Gasteiger partial charge in [0.2, 0.25) is 0 Å². The molecule has 0 aliphatic heterocycles. The van der Waals surface area contributed by atoms with Gasteiger partial charge in [-0.3, -0.25) is 4.55 Å². The van der Waals surface area contributed by atoms with Gasteiger partial charge >= 0.3 is 0 Å². The summed E-state index contributed by atoms with van der Waals surface area (Å²) in [7, 11) is -4.05. The molecule has 0 spiro atoms. The molecule has 9 heavy (non-hydrogen) atoms. The predicted octanol–water partition coefficient (Wildman–Crippen LogP) is 0.526. The maximum absolute atomic E-state index is 10.2. The molecule has 5 heteroatoms. The molecule has 0 fully saturated rings. The van der Waals surface area contributed by atoms with E-state index >= 15 is 0 Å². The minimum Gasteiger partial charge on any atom is -0.471 e. The first-order valence-electron chi connectivity index (χ1n) is 2.10. The van der Waals surface area contributed by atoms with Crippen LogP contribution in [0, 0.1) is 0 Å². The summed E-state index contributed by atoms with van der Waals surface area (Å²) in [6.45, 7) is 0. The molecule has 1 aromatic heterocycles. The lowest BCUT2D eigenvalue weighted by atomic mass is 10.7. The molecule has 1 aromatic rings. The lowest BCUT2D eigenvalue weighted by Crippen LogP contribution is -1.94. The van der Waals surface area contributed by atoms with Crippen LogP contribution < -0.4 is 0 Å². The zero-order chi connectivity index (χ0) is 6.91. The van der Waals surface area contributed by atoms with Crippen LogP contribution in [-0.4, -0.2) is 13.0 Å². The van der Waals surface area contributed by atoms with Gasteiger partial charge < -0.3 is 4.42 Å². The molecule has 1 rings (SSSR count). The zero-order valence-electron chi connectivity index (χ0n) is 4.31. The second-order valence-electron chi connectivity index (χ2n) is 1.43. The van der Waals surface area contributed by atoms with Gasteiger partial charge in [-0.1, -0.05) is 0 Å². The Morgan fingerprint density at radius 1 is 1.56 bits per heavy atom. The van der Waals surface area contributed by atoms with E-state index in [1.54, 1.807) is 0 Å². The number of hydrogen-bond acceptors (Lipinski definition) is 3. The first kappa shape index (κ1) is 6.31. The molecule has 4 nitrogen and oxygen atoms in total. The van der Waals surface area contributed by atoms with E-state index in [0.717, 1.165) is 12.3 Å². The Hall–Kier alpha value is -0.810. The SMILES string of the molecule is O=S(=O)(O)c1ccoc1. The zero-order valence-corrected chi connectivity index (χ0v) is 5.13. The molecule has 1 N–H and O–H groups in total. The molecule has 0 saturated carbocycles. The first-order chi connectivity index (χ1) is 4.11. The molecule has 0 aliphatic carbocycles. The molecular weight excluding hydrogens is 144 g/mol. The predicted molar refractivity (Wildman–Crippen MR) is 28.5 cm³/mol. The fourth-order valence-electron chi connectivity index (χ4n) is 0.399. The Bertz CT molecular complexity index is 270. The number of furan rings is 1. The van der Waals surface area contributed by atoms with Crippen molar-refractivity contribution in [2.75, 3.05) is 0 Å². The maximum atomic E-state index is 10.2. The Morgan fingerprint density at radius 3 is 2.44 bits per heavy atom. The summed E-state index contributed by atoms with van der Waals surface area (Å²) in [6, 6.07) is 1.16. The summed E-state index contributed by atoms with van der Waals surface area (Å²) in [5.74, 6) is 0. The highest BCUT2D eigenvalue weighted by atomic mass is 32.2. The lowest BCUT2D eigenvalue weighted by molar-refractivity contribution is 0.480. The molecular formula is C4H4O4S. The van der Waals surface area contributed by atoms with Gasteiger partial charge in [0.15, 0.2) is 0 Å². The van der Waals surface area contributed by atoms with Crippen LogP contribution in [-0.2, 0) is 10.1 Å². The molecule has 0 atom stereocenters. The highest BCUT2D eigenvalue weighted by molar-refractivity contribution is 7.85. The Kier molecular flexibility index (Phi) is 1.30. The van der Waals surface area contributed by atoms with E-state index in [1.807, 2.05) is 0 Å². The average Bonchev–Trinajstić information content (AvgIpc) is 2.08.